The van der Waals surface area contributed by atoms with Crippen molar-refractivity contribution >= 4 is 22.2 Å². The number of hydrogen-bond acceptors (Lipinski definition) is 3. The highest BCUT2D eigenvalue weighted by molar-refractivity contribution is 7.15. The number of nitrogen functional groups attached to an aromatic ring is 1. The van der Waals surface area contributed by atoms with Crippen molar-refractivity contribution in [3.05, 3.63) is 40.3 Å². The minimum absolute atomic E-state index is 0.0789. The van der Waals surface area contributed by atoms with Gasteiger partial charge in [-0.2, -0.15) is 0 Å². The molecule has 0 radical (unpaired) electrons. The number of fused-ring (bicyclic) bond motifs is 1. The lowest BCUT2D eigenvalue weighted by Gasteiger charge is -2.22. The molecule has 1 aromatic heterocycles. The highest BCUT2D eigenvalue weighted by Gasteiger charge is 2.23. The molecule has 0 unspecified atom stereocenters. The van der Waals surface area contributed by atoms with Crippen molar-refractivity contribution in [2.24, 2.45) is 0 Å². The van der Waals surface area contributed by atoms with Gasteiger partial charge in [-0.3, -0.25) is 4.79 Å². The summed E-state index contributed by atoms with van der Waals surface area (Å²) < 4.78 is 0. The summed E-state index contributed by atoms with van der Waals surface area (Å²) in [6, 6.07) is 6.67. The van der Waals surface area contributed by atoms with Gasteiger partial charge >= 0.3 is 0 Å². The minimum Gasteiger partial charge on any atom is -0.390 e. The van der Waals surface area contributed by atoms with E-state index in [2.05, 4.69) is 32.0 Å². The molecule has 134 valence electrons. The van der Waals surface area contributed by atoms with Crippen molar-refractivity contribution in [2.45, 2.75) is 52.4 Å². The van der Waals surface area contributed by atoms with Crippen LogP contribution in [-0.4, -0.2) is 23.9 Å². The fourth-order valence-electron chi connectivity index (χ4n) is 3.72. The first-order valence-corrected chi connectivity index (χ1v) is 10.3. The standard InChI is InChI=1S/C21H28N2OS/c1-3-11-23(12-4-2)21(24)19-18(14-25-20(19)22)17-10-9-15-7-5-6-8-16(15)13-17/h9-10,13-14H,3-8,11-12,22H2,1-2H3. The first-order chi connectivity index (χ1) is 12.2. The van der Waals surface area contributed by atoms with Crippen LogP contribution in [0.15, 0.2) is 23.6 Å². The Hall–Kier alpha value is -1.81. The number of benzene rings is 1. The average Bonchev–Trinajstić information content (AvgIpc) is 3.02. The van der Waals surface area contributed by atoms with E-state index in [1.807, 2.05) is 10.3 Å². The number of nitrogens with two attached hydrogens (primary N) is 1. The molecule has 0 saturated heterocycles. The normalized spacial score (nSPS) is 13.5. The number of amides is 1. The first-order valence-electron chi connectivity index (χ1n) is 9.44. The number of anilines is 1. The number of nitrogens with zero attached hydrogens (tertiary/aromatic N) is 1. The Balaban J connectivity index is 1.97. The third-order valence-corrected chi connectivity index (χ3v) is 5.78. The summed E-state index contributed by atoms with van der Waals surface area (Å²) >= 11 is 1.48. The molecule has 1 heterocycles. The van der Waals surface area contributed by atoms with E-state index in [4.69, 9.17) is 5.73 Å². The Morgan fingerprint density at radius 2 is 1.80 bits per heavy atom. The first kappa shape index (κ1) is 18.0. The molecule has 3 rings (SSSR count). The predicted octanol–water partition coefficient (Wildman–Crippen LogP) is 5.14. The van der Waals surface area contributed by atoms with Gasteiger partial charge in [-0.15, -0.1) is 11.3 Å². The molecule has 0 aliphatic heterocycles. The molecule has 0 spiro atoms. The van der Waals surface area contributed by atoms with Gasteiger partial charge in [-0.25, -0.2) is 0 Å². The summed E-state index contributed by atoms with van der Waals surface area (Å²) in [6.45, 7) is 5.78. The van der Waals surface area contributed by atoms with Crippen molar-refractivity contribution < 1.29 is 4.79 Å². The molecule has 0 fully saturated rings. The fourth-order valence-corrected chi connectivity index (χ4v) is 4.53. The molecule has 2 aromatic rings. The highest BCUT2D eigenvalue weighted by Crippen LogP contribution is 2.36. The van der Waals surface area contributed by atoms with E-state index < -0.39 is 0 Å². The zero-order valence-electron chi connectivity index (χ0n) is 15.3. The van der Waals surface area contributed by atoms with Gasteiger partial charge in [0.1, 0.15) is 0 Å². The van der Waals surface area contributed by atoms with E-state index in [0.29, 0.717) is 10.6 Å². The molecule has 2 N–H and O–H groups in total. The van der Waals surface area contributed by atoms with Crippen LogP contribution in [0.5, 0.6) is 0 Å². The Morgan fingerprint density at radius 3 is 2.48 bits per heavy atom. The van der Waals surface area contributed by atoms with Gasteiger partial charge in [0, 0.05) is 24.0 Å². The Bertz CT molecular complexity index is 744. The van der Waals surface area contributed by atoms with Gasteiger partial charge < -0.3 is 10.6 Å². The lowest BCUT2D eigenvalue weighted by Crippen LogP contribution is -2.33. The van der Waals surface area contributed by atoms with Gasteiger partial charge in [-0.05, 0) is 55.2 Å². The average molecular weight is 357 g/mol. The van der Waals surface area contributed by atoms with Crippen molar-refractivity contribution in [3.63, 3.8) is 0 Å². The van der Waals surface area contributed by atoms with E-state index in [1.165, 1.54) is 41.7 Å². The van der Waals surface area contributed by atoms with E-state index in [9.17, 15) is 4.79 Å². The van der Waals surface area contributed by atoms with Crippen molar-refractivity contribution in [1.82, 2.24) is 4.90 Å². The van der Waals surface area contributed by atoms with Crippen molar-refractivity contribution in [1.29, 1.82) is 0 Å². The molecule has 1 amide bonds. The van der Waals surface area contributed by atoms with Crippen molar-refractivity contribution in [3.8, 4) is 11.1 Å². The third-order valence-electron chi connectivity index (χ3n) is 4.97. The molecule has 0 bridgehead atoms. The van der Waals surface area contributed by atoms with Gasteiger partial charge in [0.25, 0.3) is 5.91 Å². The van der Waals surface area contributed by atoms with E-state index in [-0.39, 0.29) is 5.91 Å². The molecule has 25 heavy (non-hydrogen) atoms. The molecule has 0 saturated carbocycles. The lowest BCUT2D eigenvalue weighted by molar-refractivity contribution is 0.0758. The summed E-state index contributed by atoms with van der Waals surface area (Å²) in [5, 5.41) is 2.68. The van der Waals surface area contributed by atoms with Crippen LogP contribution in [-0.2, 0) is 12.8 Å². The maximum atomic E-state index is 13.1. The van der Waals surface area contributed by atoms with Gasteiger partial charge in [0.05, 0.1) is 10.6 Å². The topological polar surface area (TPSA) is 46.3 Å². The lowest BCUT2D eigenvalue weighted by atomic mass is 9.89. The summed E-state index contributed by atoms with van der Waals surface area (Å²) in [6.07, 6.45) is 6.78. The predicted molar refractivity (Wildman–Crippen MR) is 107 cm³/mol. The Kier molecular flexibility index (Phi) is 5.79. The molecular weight excluding hydrogens is 328 g/mol. The minimum atomic E-state index is 0.0789. The van der Waals surface area contributed by atoms with Crippen molar-refractivity contribution in [2.75, 3.05) is 18.8 Å². The summed E-state index contributed by atoms with van der Waals surface area (Å²) in [5.74, 6) is 0.0789. The summed E-state index contributed by atoms with van der Waals surface area (Å²) in [5.41, 5.74) is 11.9. The summed E-state index contributed by atoms with van der Waals surface area (Å²) in [4.78, 5) is 15.1. The largest absolute Gasteiger partial charge is 0.390 e. The quantitative estimate of drug-likeness (QED) is 0.779. The fraction of sp³-hybridized carbons (Fsp3) is 0.476. The van der Waals surface area contributed by atoms with E-state index in [1.54, 1.807) is 0 Å². The van der Waals surface area contributed by atoms with Gasteiger partial charge in [0.15, 0.2) is 0 Å². The molecule has 3 nitrogen and oxygen atoms in total. The smallest absolute Gasteiger partial charge is 0.257 e. The molecule has 1 aliphatic carbocycles. The van der Waals surface area contributed by atoms with Crippen LogP contribution in [0, 0.1) is 0 Å². The maximum Gasteiger partial charge on any atom is 0.257 e. The van der Waals surface area contributed by atoms with Crippen LogP contribution in [0.3, 0.4) is 0 Å². The van der Waals surface area contributed by atoms with Crippen LogP contribution in [0.4, 0.5) is 5.00 Å². The van der Waals surface area contributed by atoms with Gasteiger partial charge in [-0.1, -0.05) is 32.0 Å². The SMILES string of the molecule is CCCN(CCC)C(=O)c1c(-c2ccc3c(c2)CCCC3)csc1N. The number of thiophene rings is 1. The Morgan fingerprint density at radius 1 is 1.12 bits per heavy atom. The van der Waals surface area contributed by atoms with Crippen LogP contribution >= 0.6 is 11.3 Å². The van der Waals surface area contributed by atoms with Crippen LogP contribution in [0.1, 0.15) is 61.0 Å². The number of aryl methyl sites for hydroxylation is 2. The molecule has 1 aliphatic rings. The second-order valence-corrected chi connectivity index (χ2v) is 7.78. The zero-order chi connectivity index (χ0) is 17.8. The monoisotopic (exact) mass is 356 g/mol. The molecular formula is C21H28N2OS. The van der Waals surface area contributed by atoms with Crippen LogP contribution in [0.2, 0.25) is 0 Å². The maximum absolute atomic E-state index is 13.1. The zero-order valence-corrected chi connectivity index (χ0v) is 16.1. The highest BCUT2D eigenvalue weighted by atomic mass is 32.1. The second-order valence-electron chi connectivity index (χ2n) is 6.87. The second kappa shape index (κ2) is 8.05. The van der Waals surface area contributed by atoms with Gasteiger partial charge in [0.2, 0.25) is 0 Å². The molecule has 0 atom stereocenters. The molecule has 1 aromatic carbocycles. The third kappa shape index (κ3) is 3.74. The van der Waals surface area contributed by atoms with E-state index >= 15 is 0 Å². The number of carbonyl (C=O) groups is 1. The van der Waals surface area contributed by atoms with Crippen LogP contribution < -0.4 is 5.73 Å². The Labute approximate surface area is 154 Å². The number of rotatable bonds is 6. The van der Waals surface area contributed by atoms with Crippen LogP contribution in [0.25, 0.3) is 11.1 Å². The molecule has 4 heteroatoms. The number of hydrogen-bond donors (Lipinski definition) is 1. The van der Waals surface area contributed by atoms with E-state index in [0.717, 1.165) is 43.5 Å². The number of carbonyl (C=O) groups excluding carboxylic acids is 1. The summed E-state index contributed by atoms with van der Waals surface area (Å²) in [7, 11) is 0.